The van der Waals surface area contributed by atoms with E-state index in [4.69, 9.17) is 4.74 Å². The van der Waals surface area contributed by atoms with Gasteiger partial charge in [-0.15, -0.1) is 0 Å². The second-order valence-electron chi connectivity index (χ2n) is 5.88. The van der Waals surface area contributed by atoms with E-state index >= 15 is 0 Å². The summed E-state index contributed by atoms with van der Waals surface area (Å²) in [6.07, 6.45) is 1.23. The highest BCUT2D eigenvalue weighted by atomic mass is 16.5. The van der Waals surface area contributed by atoms with Gasteiger partial charge < -0.3 is 4.74 Å². The smallest absolute Gasteiger partial charge is 0.177 e. The predicted molar refractivity (Wildman–Crippen MR) is 81.3 cm³/mol. The van der Waals surface area contributed by atoms with Crippen LogP contribution in [-0.4, -0.2) is 42.5 Å². The topological polar surface area (TPSA) is 29.5 Å². The van der Waals surface area contributed by atoms with Gasteiger partial charge in [0.25, 0.3) is 0 Å². The number of hydrogen-bond acceptors (Lipinski definition) is 3. The number of aryl methyl sites for hydroxylation is 2. The van der Waals surface area contributed by atoms with E-state index in [2.05, 4.69) is 24.8 Å². The molecule has 1 heterocycles. The number of rotatable bonds is 4. The Balaban J connectivity index is 2.11. The molecule has 20 heavy (non-hydrogen) atoms. The summed E-state index contributed by atoms with van der Waals surface area (Å²) < 4.78 is 5.69. The van der Waals surface area contributed by atoms with Crippen LogP contribution in [0, 0.1) is 13.8 Å². The summed E-state index contributed by atoms with van der Waals surface area (Å²) in [4.78, 5) is 14.8. The normalized spacial score (nSPS) is 23.8. The summed E-state index contributed by atoms with van der Waals surface area (Å²) in [6, 6.07) is 6.45. The van der Waals surface area contributed by atoms with Crippen molar-refractivity contribution in [2.24, 2.45) is 0 Å². The molecule has 0 N–H and O–H groups in total. The first kappa shape index (κ1) is 15.2. The molecule has 3 heteroatoms. The highest BCUT2D eigenvalue weighted by Gasteiger charge is 2.27. The Morgan fingerprint density at radius 3 is 2.85 bits per heavy atom. The first-order chi connectivity index (χ1) is 9.51. The molecule has 2 rings (SSSR count). The number of benzene rings is 1. The molecule has 1 saturated heterocycles. The van der Waals surface area contributed by atoms with Gasteiger partial charge in [0, 0.05) is 18.2 Å². The maximum atomic E-state index is 12.6. The molecule has 110 valence electrons. The molecule has 1 aliphatic heterocycles. The summed E-state index contributed by atoms with van der Waals surface area (Å²) in [5, 5.41) is 0. The molecule has 1 aromatic rings. The van der Waals surface area contributed by atoms with Crippen LogP contribution in [0.3, 0.4) is 0 Å². The van der Waals surface area contributed by atoms with Gasteiger partial charge in [0.15, 0.2) is 5.78 Å². The third-order valence-corrected chi connectivity index (χ3v) is 4.09. The number of ketones is 1. The lowest BCUT2D eigenvalue weighted by molar-refractivity contribution is -0.0523. The number of morpholine rings is 1. The van der Waals surface area contributed by atoms with E-state index in [1.807, 2.05) is 26.0 Å². The molecular formula is C17H25NO2. The van der Waals surface area contributed by atoms with Crippen molar-refractivity contribution in [3.63, 3.8) is 0 Å². The number of nitrogens with zero attached hydrogens (tertiary/aromatic N) is 1. The quantitative estimate of drug-likeness (QED) is 0.791. The summed E-state index contributed by atoms with van der Waals surface area (Å²) >= 11 is 0. The van der Waals surface area contributed by atoms with Gasteiger partial charge in [-0.2, -0.15) is 0 Å². The van der Waals surface area contributed by atoms with Crippen LogP contribution < -0.4 is 0 Å². The fourth-order valence-corrected chi connectivity index (χ4v) is 2.79. The Hall–Kier alpha value is -1.19. The number of hydrogen-bond donors (Lipinski definition) is 0. The van der Waals surface area contributed by atoms with E-state index in [1.54, 1.807) is 0 Å². The molecule has 2 atom stereocenters. The molecule has 0 bridgehead atoms. The number of carbonyl (C=O) groups is 1. The van der Waals surface area contributed by atoms with Crippen LogP contribution in [0.5, 0.6) is 0 Å². The van der Waals surface area contributed by atoms with Gasteiger partial charge in [0.1, 0.15) is 0 Å². The number of ether oxygens (including phenoxy) is 1. The Morgan fingerprint density at radius 1 is 1.40 bits per heavy atom. The van der Waals surface area contributed by atoms with Crippen molar-refractivity contribution in [2.45, 2.75) is 46.3 Å². The van der Waals surface area contributed by atoms with Gasteiger partial charge in [-0.1, -0.05) is 24.6 Å². The van der Waals surface area contributed by atoms with E-state index in [-0.39, 0.29) is 11.9 Å². The summed E-state index contributed by atoms with van der Waals surface area (Å²) in [5.74, 6) is 0.221. The highest BCUT2D eigenvalue weighted by molar-refractivity contribution is 5.99. The molecule has 0 aliphatic carbocycles. The summed E-state index contributed by atoms with van der Waals surface area (Å²) in [7, 11) is 0. The Kier molecular flexibility index (Phi) is 4.95. The number of carbonyl (C=O) groups excluding carboxylic acids is 1. The second-order valence-corrected chi connectivity index (χ2v) is 5.88. The van der Waals surface area contributed by atoms with Crippen LogP contribution in [0.1, 0.15) is 41.8 Å². The standard InChI is InChI=1S/C17H25NO2/c1-5-15-11-20-14(4)9-18(15)10-17(19)16-8-12(2)6-7-13(16)3/h6-8,14-15H,5,9-11H2,1-4H3. The minimum atomic E-state index is 0.212. The molecule has 1 fully saturated rings. The Labute approximate surface area is 121 Å². The predicted octanol–water partition coefficient (Wildman–Crippen LogP) is 2.99. The summed E-state index contributed by atoms with van der Waals surface area (Å²) in [6.45, 7) is 10.3. The largest absolute Gasteiger partial charge is 0.376 e. The van der Waals surface area contributed by atoms with Crippen LogP contribution in [-0.2, 0) is 4.74 Å². The Morgan fingerprint density at radius 2 is 2.15 bits per heavy atom. The zero-order valence-electron chi connectivity index (χ0n) is 13.0. The van der Waals surface area contributed by atoms with E-state index in [1.165, 1.54) is 0 Å². The van der Waals surface area contributed by atoms with E-state index < -0.39 is 0 Å². The second kappa shape index (κ2) is 6.51. The highest BCUT2D eigenvalue weighted by Crippen LogP contribution is 2.17. The average molecular weight is 275 g/mol. The van der Waals surface area contributed by atoms with Crippen molar-refractivity contribution in [2.75, 3.05) is 19.7 Å². The summed E-state index contributed by atoms with van der Waals surface area (Å²) in [5.41, 5.74) is 3.07. The fraction of sp³-hybridized carbons (Fsp3) is 0.588. The molecule has 0 saturated carbocycles. The SMILES string of the molecule is CCC1COC(C)CN1CC(=O)c1cc(C)ccc1C. The van der Waals surface area contributed by atoms with E-state index in [0.717, 1.165) is 36.3 Å². The van der Waals surface area contributed by atoms with Crippen molar-refractivity contribution in [1.82, 2.24) is 4.90 Å². The van der Waals surface area contributed by atoms with Crippen LogP contribution in [0.4, 0.5) is 0 Å². The molecule has 3 nitrogen and oxygen atoms in total. The lowest BCUT2D eigenvalue weighted by Gasteiger charge is -2.37. The van der Waals surface area contributed by atoms with Gasteiger partial charge in [0.05, 0.1) is 19.3 Å². The zero-order chi connectivity index (χ0) is 14.7. The molecule has 1 aromatic carbocycles. The van der Waals surface area contributed by atoms with Crippen LogP contribution >= 0.6 is 0 Å². The third-order valence-electron chi connectivity index (χ3n) is 4.09. The average Bonchev–Trinajstić information content (AvgIpc) is 2.41. The van der Waals surface area contributed by atoms with Crippen molar-refractivity contribution in [3.05, 3.63) is 34.9 Å². The van der Waals surface area contributed by atoms with Gasteiger partial charge in [-0.25, -0.2) is 0 Å². The monoisotopic (exact) mass is 275 g/mol. The minimum Gasteiger partial charge on any atom is -0.376 e. The number of Topliss-reactive ketones (excluding diaryl/α,β-unsaturated/α-hetero) is 1. The molecule has 0 spiro atoms. The Bertz CT molecular complexity index is 484. The van der Waals surface area contributed by atoms with Gasteiger partial charge in [0.2, 0.25) is 0 Å². The molecule has 0 amide bonds. The maximum Gasteiger partial charge on any atom is 0.177 e. The van der Waals surface area contributed by atoms with Crippen LogP contribution in [0.2, 0.25) is 0 Å². The zero-order valence-corrected chi connectivity index (χ0v) is 13.0. The fourth-order valence-electron chi connectivity index (χ4n) is 2.79. The van der Waals surface area contributed by atoms with Gasteiger partial charge >= 0.3 is 0 Å². The van der Waals surface area contributed by atoms with Crippen molar-refractivity contribution in [3.8, 4) is 0 Å². The van der Waals surface area contributed by atoms with Crippen LogP contribution in [0.15, 0.2) is 18.2 Å². The molecular weight excluding hydrogens is 250 g/mol. The molecule has 0 aromatic heterocycles. The van der Waals surface area contributed by atoms with Crippen LogP contribution in [0.25, 0.3) is 0 Å². The third kappa shape index (κ3) is 3.47. The molecule has 1 aliphatic rings. The van der Waals surface area contributed by atoms with Crippen molar-refractivity contribution >= 4 is 5.78 Å². The van der Waals surface area contributed by atoms with Crippen molar-refractivity contribution < 1.29 is 9.53 Å². The molecule has 0 radical (unpaired) electrons. The lowest BCUT2D eigenvalue weighted by Crippen LogP contribution is -2.50. The van der Waals surface area contributed by atoms with Gasteiger partial charge in [-0.3, -0.25) is 9.69 Å². The first-order valence-electron chi connectivity index (χ1n) is 7.47. The van der Waals surface area contributed by atoms with E-state index in [0.29, 0.717) is 12.6 Å². The van der Waals surface area contributed by atoms with E-state index in [9.17, 15) is 4.79 Å². The van der Waals surface area contributed by atoms with Gasteiger partial charge in [-0.05, 0) is 38.8 Å². The minimum absolute atomic E-state index is 0.212. The lowest BCUT2D eigenvalue weighted by atomic mass is 10.0. The maximum absolute atomic E-state index is 12.6. The molecule has 2 unspecified atom stereocenters. The van der Waals surface area contributed by atoms with Crippen molar-refractivity contribution in [1.29, 1.82) is 0 Å². The first-order valence-corrected chi connectivity index (χ1v) is 7.47.